The van der Waals surface area contributed by atoms with Gasteiger partial charge in [-0.15, -0.1) is 0 Å². The van der Waals surface area contributed by atoms with Crippen LogP contribution in [0, 0.1) is 0 Å². The van der Waals surface area contributed by atoms with Crippen molar-refractivity contribution in [2.75, 3.05) is 34.4 Å². The van der Waals surface area contributed by atoms with Crippen LogP contribution >= 0.6 is 12.2 Å². The Morgan fingerprint density at radius 2 is 1.75 bits per heavy atom. The molecule has 0 radical (unpaired) electrons. The predicted molar refractivity (Wildman–Crippen MR) is 82.5 cm³/mol. The summed E-state index contributed by atoms with van der Waals surface area (Å²) in [4.78, 5) is 7.07. The fourth-order valence-corrected chi connectivity index (χ4v) is 2.51. The Morgan fingerprint density at radius 3 is 2.15 bits per heavy atom. The summed E-state index contributed by atoms with van der Waals surface area (Å²) in [6, 6.07) is 3.71. The zero-order valence-corrected chi connectivity index (χ0v) is 12.9. The molecular weight excluding hydrogens is 276 g/mol. The van der Waals surface area contributed by atoms with Gasteiger partial charge in [-0.3, -0.25) is 4.99 Å². The van der Waals surface area contributed by atoms with Crippen LogP contribution in [0.1, 0.15) is 12.5 Å². The topological polar surface area (TPSA) is 43.3 Å². The largest absolute Gasteiger partial charge is 0.493 e. The summed E-state index contributed by atoms with van der Waals surface area (Å²) in [7, 11) is 4.76. The molecule has 0 saturated carbocycles. The second-order valence-electron chi connectivity index (χ2n) is 4.30. The lowest BCUT2D eigenvalue weighted by atomic mass is 10.1. The van der Waals surface area contributed by atoms with E-state index in [1.807, 2.05) is 24.0 Å². The van der Waals surface area contributed by atoms with Crippen molar-refractivity contribution >= 4 is 23.0 Å². The molecule has 6 heteroatoms. The Morgan fingerprint density at radius 1 is 1.15 bits per heavy atom. The maximum atomic E-state index is 5.55. The number of nitrogens with zero attached hydrogens (tertiary/aromatic N) is 2. The minimum atomic E-state index is 0.563. The highest BCUT2D eigenvalue weighted by Crippen LogP contribution is 2.38. The number of benzene rings is 1. The molecule has 0 amide bonds. The molecule has 2 rings (SSSR count). The van der Waals surface area contributed by atoms with Crippen LogP contribution in [0.25, 0.3) is 0 Å². The maximum Gasteiger partial charge on any atom is 0.203 e. The summed E-state index contributed by atoms with van der Waals surface area (Å²) in [5, 5.41) is 0. The summed E-state index contributed by atoms with van der Waals surface area (Å²) < 4.78 is 16.0. The number of thiocarbonyl (C=S) groups is 1. The lowest BCUT2D eigenvalue weighted by Gasteiger charge is -2.21. The molecule has 0 aliphatic carbocycles. The number of methoxy groups -OCH3 is 3. The molecule has 108 valence electrons. The Bertz CT molecular complexity index is 532. The van der Waals surface area contributed by atoms with Gasteiger partial charge in [-0.1, -0.05) is 12.2 Å². The van der Waals surface area contributed by atoms with Crippen molar-refractivity contribution < 1.29 is 14.2 Å². The van der Waals surface area contributed by atoms with Crippen molar-refractivity contribution in [2.24, 2.45) is 4.99 Å². The highest BCUT2D eigenvalue weighted by Gasteiger charge is 2.21. The first-order valence-electron chi connectivity index (χ1n) is 6.25. The van der Waals surface area contributed by atoms with Gasteiger partial charge >= 0.3 is 0 Å². The molecule has 0 bridgehead atoms. The summed E-state index contributed by atoms with van der Waals surface area (Å²) in [5.41, 5.74) is 0.853. The molecular formula is C14H18N2O3S. The predicted octanol–water partition coefficient (Wildman–Crippen LogP) is 2.12. The van der Waals surface area contributed by atoms with Crippen LogP contribution in [0.15, 0.2) is 17.1 Å². The molecule has 1 aromatic rings. The molecule has 0 atom stereocenters. The number of hydrogen-bond donors (Lipinski definition) is 0. The van der Waals surface area contributed by atoms with E-state index in [1.165, 1.54) is 0 Å². The molecule has 1 aliphatic heterocycles. The van der Waals surface area contributed by atoms with E-state index in [9.17, 15) is 0 Å². The normalized spacial score (nSPS) is 14.0. The Labute approximate surface area is 124 Å². The van der Waals surface area contributed by atoms with E-state index in [4.69, 9.17) is 26.4 Å². The monoisotopic (exact) mass is 294 g/mol. The van der Waals surface area contributed by atoms with Crippen molar-refractivity contribution in [1.82, 2.24) is 4.90 Å². The molecule has 0 spiro atoms. The second kappa shape index (κ2) is 6.09. The molecule has 1 aliphatic rings. The molecule has 0 fully saturated rings. The van der Waals surface area contributed by atoms with Crippen LogP contribution in [0.5, 0.6) is 17.2 Å². The first-order chi connectivity index (χ1) is 9.62. The molecule has 0 aromatic heterocycles. The molecule has 0 saturated heterocycles. The zero-order chi connectivity index (χ0) is 14.7. The Kier molecular flexibility index (Phi) is 4.44. The quantitative estimate of drug-likeness (QED) is 0.796. The van der Waals surface area contributed by atoms with E-state index in [2.05, 4.69) is 4.99 Å². The van der Waals surface area contributed by atoms with Gasteiger partial charge in [0, 0.05) is 12.1 Å². The second-order valence-corrected chi connectivity index (χ2v) is 4.69. The van der Waals surface area contributed by atoms with Gasteiger partial charge in [-0.2, -0.15) is 0 Å². The minimum Gasteiger partial charge on any atom is -0.493 e. The molecule has 5 nitrogen and oxygen atoms in total. The van der Waals surface area contributed by atoms with E-state index in [0.29, 0.717) is 22.2 Å². The van der Waals surface area contributed by atoms with E-state index in [0.717, 1.165) is 24.5 Å². The van der Waals surface area contributed by atoms with Gasteiger partial charge < -0.3 is 19.1 Å². The van der Waals surface area contributed by atoms with Gasteiger partial charge in [0.1, 0.15) is 10.8 Å². The van der Waals surface area contributed by atoms with Gasteiger partial charge in [0.15, 0.2) is 11.5 Å². The van der Waals surface area contributed by atoms with Crippen LogP contribution in [0.4, 0.5) is 0 Å². The van der Waals surface area contributed by atoms with E-state index in [1.54, 1.807) is 21.3 Å². The van der Waals surface area contributed by atoms with Crippen LogP contribution < -0.4 is 14.2 Å². The van der Waals surface area contributed by atoms with E-state index >= 15 is 0 Å². The molecule has 0 unspecified atom stereocenters. The Hall–Kier alpha value is -1.82. The number of rotatable bonds is 4. The van der Waals surface area contributed by atoms with Gasteiger partial charge in [-0.25, -0.2) is 0 Å². The molecule has 1 heterocycles. The SMILES string of the molecule is COc1cc(C(=S)N2CCN=C2C)cc(OC)c1OC. The summed E-state index contributed by atoms with van der Waals surface area (Å²) in [5.74, 6) is 2.69. The standard InChI is InChI=1S/C14H18N2O3S/c1-9-15-5-6-16(9)14(20)10-7-11(17-2)13(19-4)12(8-10)18-3/h7-8H,5-6H2,1-4H3. The van der Waals surface area contributed by atoms with Gasteiger partial charge in [0.05, 0.1) is 27.9 Å². The van der Waals surface area contributed by atoms with Crippen LogP contribution in [-0.2, 0) is 0 Å². The summed E-state index contributed by atoms with van der Waals surface area (Å²) in [6.07, 6.45) is 0. The summed E-state index contributed by atoms with van der Waals surface area (Å²) >= 11 is 5.55. The van der Waals surface area contributed by atoms with Crippen molar-refractivity contribution in [2.45, 2.75) is 6.92 Å². The molecule has 20 heavy (non-hydrogen) atoms. The van der Waals surface area contributed by atoms with Crippen LogP contribution in [0.2, 0.25) is 0 Å². The van der Waals surface area contributed by atoms with Crippen molar-refractivity contribution in [3.8, 4) is 17.2 Å². The first kappa shape index (κ1) is 14.6. The van der Waals surface area contributed by atoms with Crippen LogP contribution in [-0.4, -0.2) is 50.1 Å². The van der Waals surface area contributed by atoms with E-state index < -0.39 is 0 Å². The smallest absolute Gasteiger partial charge is 0.203 e. The molecule has 0 N–H and O–H groups in total. The zero-order valence-electron chi connectivity index (χ0n) is 12.1. The highest BCUT2D eigenvalue weighted by molar-refractivity contribution is 7.80. The average molecular weight is 294 g/mol. The van der Waals surface area contributed by atoms with Crippen molar-refractivity contribution in [3.05, 3.63) is 17.7 Å². The van der Waals surface area contributed by atoms with Crippen LogP contribution in [0.3, 0.4) is 0 Å². The van der Waals surface area contributed by atoms with Crippen molar-refractivity contribution in [1.29, 1.82) is 0 Å². The lowest BCUT2D eigenvalue weighted by Crippen LogP contribution is -2.32. The average Bonchev–Trinajstić information content (AvgIpc) is 2.90. The first-order valence-corrected chi connectivity index (χ1v) is 6.66. The van der Waals surface area contributed by atoms with Gasteiger partial charge in [0.2, 0.25) is 5.75 Å². The van der Waals surface area contributed by atoms with E-state index in [-0.39, 0.29) is 0 Å². The number of ether oxygens (including phenoxy) is 3. The lowest BCUT2D eigenvalue weighted by molar-refractivity contribution is 0.324. The van der Waals surface area contributed by atoms with Gasteiger partial charge in [0.25, 0.3) is 0 Å². The summed E-state index contributed by atoms with van der Waals surface area (Å²) in [6.45, 7) is 3.54. The van der Waals surface area contributed by atoms with Gasteiger partial charge in [-0.05, 0) is 19.1 Å². The van der Waals surface area contributed by atoms with Crippen molar-refractivity contribution in [3.63, 3.8) is 0 Å². The number of hydrogen-bond acceptors (Lipinski definition) is 5. The highest BCUT2D eigenvalue weighted by atomic mass is 32.1. The Balaban J connectivity index is 2.42. The molecule has 1 aromatic carbocycles. The third-order valence-electron chi connectivity index (χ3n) is 3.21. The fourth-order valence-electron chi connectivity index (χ4n) is 2.17. The number of aliphatic imine (C=N–C) groups is 1. The fraction of sp³-hybridized carbons (Fsp3) is 0.429. The third-order valence-corrected chi connectivity index (χ3v) is 3.67. The third kappa shape index (κ3) is 2.56. The minimum absolute atomic E-state index is 0.563. The maximum absolute atomic E-state index is 5.55. The number of amidine groups is 1.